The molecule has 1 saturated heterocycles. The van der Waals surface area contributed by atoms with Gasteiger partial charge in [0.1, 0.15) is 5.82 Å². The average molecular weight is 374 g/mol. The molecule has 0 unspecified atom stereocenters. The molecule has 1 aliphatic rings. The molecule has 0 atom stereocenters. The summed E-state index contributed by atoms with van der Waals surface area (Å²) in [4.78, 5) is 11.0. The van der Waals surface area contributed by atoms with Crippen LogP contribution in [0, 0.1) is 13.8 Å². The molecule has 4 aromatic rings. The Labute approximate surface area is 164 Å². The lowest BCUT2D eigenvalue weighted by Gasteiger charge is -2.31. The fourth-order valence-corrected chi connectivity index (χ4v) is 4.45. The van der Waals surface area contributed by atoms with E-state index < -0.39 is 0 Å². The predicted octanol–water partition coefficient (Wildman–Crippen LogP) is 3.79. The van der Waals surface area contributed by atoms with E-state index >= 15 is 0 Å². The van der Waals surface area contributed by atoms with Crippen LogP contribution in [0.2, 0.25) is 0 Å². The number of benzene rings is 1. The molecule has 6 nitrogen and oxygen atoms in total. The van der Waals surface area contributed by atoms with Crippen LogP contribution >= 0.6 is 0 Å². The molecule has 1 fully saturated rings. The molecule has 4 heterocycles. The van der Waals surface area contributed by atoms with E-state index in [1.165, 1.54) is 22.2 Å². The highest BCUT2D eigenvalue weighted by Crippen LogP contribution is 2.30. The van der Waals surface area contributed by atoms with E-state index in [2.05, 4.69) is 46.2 Å². The molecule has 5 rings (SSSR count). The number of nitrogens with zero attached hydrogens (tertiary/aromatic N) is 4. The standard InChI is InChI=1S/C22H26N6/c1-14-11-22-25-19(12-21(23)28(22)26-14)16-7-9-27(10-8-16)13-20-15(2)17-5-3-4-6-18(17)24-20/h3-6,11-12,16,24H,7-10,13,23H2,1-2H3. The van der Waals surface area contributed by atoms with Crippen LogP contribution in [-0.4, -0.2) is 37.6 Å². The van der Waals surface area contributed by atoms with Gasteiger partial charge in [-0.1, -0.05) is 18.2 Å². The van der Waals surface area contributed by atoms with E-state index in [9.17, 15) is 0 Å². The average Bonchev–Trinajstić information content (AvgIpc) is 3.23. The zero-order valence-corrected chi connectivity index (χ0v) is 16.4. The largest absolute Gasteiger partial charge is 0.384 e. The summed E-state index contributed by atoms with van der Waals surface area (Å²) in [7, 11) is 0. The lowest BCUT2D eigenvalue weighted by atomic mass is 9.93. The third-order valence-electron chi connectivity index (χ3n) is 6.05. The van der Waals surface area contributed by atoms with E-state index in [1.54, 1.807) is 4.52 Å². The maximum absolute atomic E-state index is 6.21. The Hall–Kier alpha value is -2.86. The summed E-state index contributed by atoms with van der Waals surface area (Å²) in [6.45, 7) is 7.31. The number of hydrogen-bond acceptors (Lipinski definition) is 4. The molecule has 0 radical (unpaired) electrons. The first kappa shape index (κ1) is 17.3. The second-order valence-electron chi connectivity index (χ2n) is 7.99. The van der Waals surface area contributed by atoms with Gasteiger partial charge in [-0.3, -0.25) is 4.90 Å². The first-order valence-electron chi connectivity index (χ1n) is 10.00. The zero-order valence-electron chi connectivity index (χ0n) is 16.4. The van der Waals surface area contributed by atoms with Gasteiger partial charge < -0.3 is 10.7 Å². The van der Waals surface area contributed by atoms with Gasteiger partial charge in [-0.05, 0) is 51.4 Å². The number of fused-ring (bicyclic) bond motifs is 2. The predicted molar refractivity (Wildman–Crippen MR) is 112 cm³/mol. The maximum Gasteiger partial charge on any atom is 0.157 e. The molecular formula is C22H26N6. The third-order valence-corrected chi connectivity index (χ3v) is 6.05. The summed E-state index contributed by atoms with van der Waals surface area (Å²) < 4.78 is 1.73. The number of nitrogens with two attached hydrogens (primary N) is 1. The van der Waals surface area contributed by atoms with E-state index in [1.807, 2.05) is 19.1 Å². The summed E-state index contributed by atoms with van der Waals surface area (Å²) in [5.74, 6) is 1.13. The van der Waals surface area contributed by atoms with Crippen molar-refractivity contribution < 1.29 is 0 Å². The molecule has 1 aromatic carbocycles. The number of rotatable bonds is 3. The number of likely N-dealkylation sites (tertiary alicyclic amines) is 1. The number of H-pyrrole nitrogens is 1. The van der Waals surface area contributed by atoms with Crippen LogP contribution in [0.25, 0.3) is 16.6 Å². The number of para-hydroxylation sites is 1. The van der Waals surface area contributed by atoms with Crippen molar-refractivity contribution in [3.8, 4) is 0 Å². The van der Waals surface area contributed by atoms with Crippen molar-refractivity contribution in [2.45, 2.75) is 39.2 Å². The minimum absolute atomic E-state index is 0.461. The minimum Gasteiger partial charge on any atom is -0.384 e. The van der Waals surface area contributed by atoms with Crippen molar-refractivity contribution in [2.75, 3.05) is 18.8 Å². The van der Waals surface area contributed by atoms with Gasteiger partial charge in [0, 0.05) is 46.9 Å². The first-order chi connectivity index (χ1) is 13.6. The van der Waals surface area contributed by atoms with E-state index in [4.69, 9.17) is 10.7 Å². The molecular weight excluding hydrogens is 348 g/mol. The Morgan fingerprint density at radius 3 is 2.71 bits per heavy atom. The Morgan fingerprint density at radius 2 is 1.93 bits per heavy atom. The van der Waals surface area contributed by atoms with E-state index in [-0.39, 0.29) is 0 Å². The SMILES string of the molecule is Cc1cc2nc(C3CCN(Cc4[nH]c5ccccc5c4C)CC3)cc(N)n2n1. The molecule has 6 heteroatoms. The molecule has 0 spiro atoms. The fourth-order valence-electron chi connectivity index (χ4n) is 4.45. The molecule has 3 N–H and O–H groups in total. The maximum atomic E-state index is 6.21. The number of aromatic amines is 1. The number of nitrogen functional groups attached to an aromatic ring is 1. The molecule has 1 aliphatic heterocycles. The summed E-state index contributed by atoms with van der Waals surface area (Å²) in [6, 6.07) is 12.5. The van der Waals surface area contributed by atoms with Crippen molar-refractivity contribution in [3.05, 3.63) is 59.0 Å². The Morgan fingerprint density at radius 1 is 1.14 bits per heavy atom. The number of piperidine rings is 1. The van der Waals surface area contributed by atoms with Crippen LogP contribution in [0.5, 0.6) is 0 Å². The lowest BCUT2D eigenvalue weighted by Crippen LogP contribution is -2.33. The van der Waals surface area contributed by atoms with E-state index in [0.29, 0.717) is 11.7 Å². The molecule has 28 heavy (non-hydrogen) atoms. The molecule has 0 saturated carbocycles. The van der Waals surface area contributed by atoms with Gasteiger partial charge in [0.2, 0.25) is 0 Å². The van der Waals surface area contributed by atoms with E-state index in [0.717, 1.165) is 49.5 Å². The lowest BCUT2D eigenvalue weighted by molar-refractivity contribution is 0.201. The summed E-state index contributed by atoms with van der Waals surface area (Å²) in [6.07, 6.45) is 2.21. The van der Waals surface area contributed by atoms with Crippen molar-refractivity contribution in [2.24, 2.45) is 0 Å². The summed E-state index contributed by atoms with van der Waals surface area (Å²) in [5.41, 5.74) is 13.0. The van der Waals surface area contributed by atoms with Gasteiger partial charge in [-0.25, -0.2) is 4.98 Å². The smallest absolute Gasteiger partial charge is 0.157 e. The van der Waals surface area contributed by atoms with Crippen molar-refractivity contribution in [1.82, 2.24) is 24.5 Å². The second-order valence-corrected chi connectivity index (χ2v) is 7.99. The van der Waals surface area contributed by atoms with Crippen LogP contribution in [0.15, 0.2) is 36.4 Å². The number of aryl methyl sites for hydroxylation is 2. The minimum atomic E-state index is 0.461. The van der Waals surface area contributed by atoms with Gasteiger partial charge in [-0.15, -0.1) is 0 Å². The number of nitrogens with one attached hydrogen (secondary N) is 1. The Bertz CT molecular complexity index is 1150. The molecule has 0 bridgehead atoms. The summed E-state index contributed by atoms with van der Waals surface area (Å²) >= 11 is 0. The number of aromatic nitrogens is 4. The Balaban J connectivity index is 1.30. The van der Waals surface area contributed by atoms with Gasteiger partial charge in [0.25, 0.3) is 0 Å². The highest BCUT2D eigenvalue weighted by molar-refractivity contribution is 5.84. The first-order valence-corrected chi connectivity index (χ1v) is 10.00. The van der Waals surface area contributed by atoms with Crippen LogP contribution < -0.4 is 5.73 Å². The highest BCUT2D eigenvalue weighted by atomic mass is 15.3. The number of hydrogen-bond donors (Lipinski definition) is 2. The van der Waals surface area contributed by atoms with Crippen molar-refractivity contribution >= 4 is 22.4 Å². The monoisotopic (exact) mass is 374 g/mol. The van der Waals surface area contributed by atoms with Crippen LogP contribution in [-0.2, 0) is 6.54 Å². The van der Waals surface area contributed by atoms with Gasteiger partial charge in [0.05, 0.1) is 5.69 Å². The Kier molecular flexibility index (Phi) is 4.09. The van der Waals surface area contributed by atoms with Crippen molar-refractivity contribution in [1.29, 1.82) is 0 Å². The topological polar surface area (TPSA) is 75.2 Å². The van der Waals surface area contributed by atoms with Crippen LogP contribution in [0.3, 0.4) is 0 Å². The van der Waals surface area contributed by atoms with Gasteiger partial charge in [0.15, 0.2) is 5.65 Å². The second kappa shape index (κ2) is 6.63. The number of anilines is 1. The molecule has 3 aromatic heterocycles. The van der Waals surface area contributed by atoms with Crippen molar-refractivity contribution in [3.63, 3.8) is 0 Å². The molecule has 0 amide bonds. The fraction of sp³-hybridized carbons (Fsp3) is 0.364. The van der Waals surface area contributed by atoms with Gasteiger partial charge in [-0.2, -0.15) is 9.61 Å². The zero-order chi connectivity index (χ0) is 19.3. The quantitative estimate of drug-likeness (QED) is 0.572. The highest BCUT2D eigenvalue weighted by Gasteiger charge is 2.23. The third kappa shape index (κ3) is 2.94. The molecule has 144 valence electrons. The van der Waals surface area contributed by atoms with Gasteiger partial charge >= 0.3 is 0 Å². The van der Waals surface area contributed by atoms with Crippen LogP contribution in [0.4, 0.5) is 5.82 Å². The summed E-state index contributed by atoms with van der Waals surface area (Å²) in [5, 5.41) is 5.73. The van der Waals surface area contributed by atoms with Crippen LogP contribution in [0.1, 0.15) is 41.4 Å². The molecule has 0 aliphatic carbocycles. The normalized spacial score (nSPS) is 16.4.